The van der Waals surface area contributed by atoms with Gasteiger partial charge in [0.05, 0.1) is 6.61 Å². The molecule has 0 fully saturated rings. The van der Waals surface area contributed by atoms with Crippen molar-refractivity contribution in [2.75, 3.05) is 13.2 Å². The summed E-state index contributed by atoms with van der Waals surface area (Å²) >= 11 is 0. The molecule has 0 bridgehead atoms. The Kier molecular flexibility index (Phi) is 4.76. The maximum atomic E-state index is 11.1. The Labute approximate surface area is 88.0 Å². The highest BCUT2D eigenvalue weighted by atomic mass is 16.5. The third-order valence-electron chi connectivity index (χ3n) is 1.63. The number of rotatable bonds is 6. The van der Waals surface area contributed by atoms with Crippen LogP contribution in [0.15, 0.2) is 0 Å². The van der Waals surface area contributed by atoms with Crippen molar-refractivity contribution >= 4 is 5.97 Å². The van der Waals surface area contributed by atoms with Crippen LogP contribution in [0.4, 0.5) is 0 Å². The molecule has 1 N–H and O–H groups in total. The van der Waals surface area contributed by atoms with Crippen LogP contribution in [0.25, 0.3) is 0 Å². The lowest BCUT2D eigenvalue weighted by molar-refractivity contribution is -0.142. The maximum Gasteiger partial charge on any atom is 0.313 e. The molecule has 0 saturated carbocycles. The van der Waals surface area contributed by atoms with E-state index in [4.69, 9.17) is 9.47 Å². The van der Waals surface area contributed by atoms with Crippen LogP contribution in [0.1, 0.15) is 25.5 Å². The Morgan fingerprint density at radius 3 is 2.87 bits per heavy atom. The average molecular weight is 213 g/mol. The molecule has 0 aliphatic carbocycles. The van der Waals surface area contributed by atoms with Gasteiger partial charge in [-0.15, -0.1) is 0 Å². The van der Waals surface area contributed by atoms with Gasteiger partial charge in [0.1, 0.15) is 18.9 Å². The van der Waals surface area contributed by atoms with E-state index in [9.17, 15) is 4.79 Å². The van der Waals surface area contributed by atoms with Gasteiger partial charge in [0.2, 0.25) is 0 Å². The van der Waals surface area contributed by atoms with Crippen LogP contribution < -0.4 is 0 Å². The van der Waals surface area contributed by atoms with Crippen molar-refractivity contribution in [1.82, 2.24) is 15.2 Å². The Hall–Kier alpha value is -1.43. The first kappa shape index (κ1) is 11.6. The molecule has 0 spiro atoms. The van der Waals surface area contributed by atoms with E-state index in [1.54, 1.807) is 6.92 Å². The van der Waals surface area contributed by atoms with Crippen LogP contribution in [0, 0.1) is 0 Å². The van der Waals surface area contributed by atoms with Gasteiger partial charge in [-0.2, -0.15) is 5.10 Å². The molecule has 6 nitrogen and oxygen atoms in total. The second-order valence-electron chi connectivity index (χ2n) is 2.82. The number of carbonyl (C=O) groups excluding carboxylic acids is 1. The predicted octanol–water partition coefficient (Wildman–Crippen LogP) is 0.447. The highest BCUT2D eigenvalue weighted by molar-refractivity contribution is 5.71. The van der Waals surface area contributed by atoms with E-state index in [2.05, 4.69) is 15.2 Å². The summed E-state index contributed by atoms with van der Waals surface area (Å²) in [5.74, 6) is 0.746. The van der Waals surface area contributed by atoms with Gasteiger partial charge in [0.15, 0.2) is 5.82 Å². The quantitative estimate of drug-likeness (QED) is 0.694. The third-order valence-corrected chi connectivity index (χ3v) is 1.63. The molecule has 0 radical (unpaired) electrons. The Bertz CT molecular complexity index is 311. The molecule has 1 aromatic rings. The summed E-state index contributed by atoms with van der Waals surface area (Å²) in [6, 6.07) is 0. The van der Waals surface area contributed by atoms with E-state index in [1.165, 1.54) is 0 Å². The van der Waals surface area contributed by atoms with Gasteiger partial charge in [-0.25, -0.2) is 4.98 Å². The molecule has 1 aromatic heterocycles. The molecule has 0 amide bonds. The van der Waals surface area contributed by atoms with Gasteiger partial charge in [-0.05, 0) is 13.8 Å². The number of aromatic nitrogens is 3. The summed E-state index contributed by atoms with van der Waals surface area (Å²) < 4.78 is 9.90. The van der Waals surface area contributed by atoms with Crippen LogP contribution in [0.3, 0.4) is 0 Å². The van der Waals surface area contributed by atoms with Gasteiger partial charge in [-0.1, -0.05) is 0 Å². The third kappa shape index (κ3) is 4.07. The molecule has 1 heterocycles. The van der Waals surface area contributed by atoms with Crippen LogP contribution in [-0.4, -0.2) is 34.4 Å². The normalized spacial score (nSPS) is 10.3. The second kappa shape index (κ2) is 6.13. The molecule has 0 unspecified atom stereocenters. The highest BCUT2D eigenvalue weighted by Crippen LogP contribution is 1.97. The number of nitrogens with one attached hydrogen (secondary N) is 1. The molecule has 6 heteroatoms. The van der Waals surface area contributed by atoms with Gasteiger partial charge in [0, 0.05) is 6.61 Å². The number of H-pyrrole nitrogens is 1. The molecule has 0 atom stereocenters. The monoisotopic (exact) mass is 213 g/mol. The van der Waals surface area contributed by atoms with Gasteiger partial charge < -0.3 is 9.47 Å². The first-order valence-electron chi connectivity index (χ1n) is 4.89. The molecule has 15 heavy (non-hydrogen) atoms. The molecule has 1 rings (SSSR count). The van der Waals surface area contributed by atoms with Gasteiger partial charge in [0.25, 0.3) is 0 Å². The number of esters is 1. The van der Waals surface area contributed by atoms with Crippen molar-refractivity contribution in [3.63, 3.8) is 0 Å². The fraction of sp³-hybridized carbons (Fsp3) is 0.667. The van der Waals surface area contributed by atoms with E-state index in [0.717, 1.165) is 0 Å². The lowest BCUT2D eigenvalue weighted by Crippen LogP contribution is -2.08. The fourth-order valence-electron chi connectivity index (χ4n) is 1.02. The van der Waals surface area contributed by atoms with E-state index < -0.39 is 0 Å². The molecular weight excluding hydrogens is 198 g/mol. The zero-order valence-corrected chi connectivity index (χ0v) is 8.95. The topological polar surface area (TPSA) is 77.1 Å². The second-order valence-corrected chi connectivity index (χ2v) is 2.82. The predicted molar refractivity (Wildman–Crippen MR) is 52.0 cm³/mol. The first-order chi connectivity index (χ1) is 7.26. The summed E-state index contributed by atoms with van der Waals surface area (Å²) in [6.45, 7) is 5.00. The van der Waals surface area contributed by atoms with Crippen molar-refractivity contribution < 1.29 is 14.3 Å². The minimum atomic E-state index is -0.309. The maximum absolute atomic E-state index is 11.1. The lowest BCUT2D eigenvalue weighted by atomic mass is 10.4. The molecular formula is C9H15N3O3. The zero-order chi connectivity index (χ0) is 11.1. The van der Waals surface area contributed by atoms with E-state index in [1.807, 2.05) is 6.92 Å². The molecule has 0 aromatic carbocycles. The number of nitrogens with zero attached hydrogens (tertiary/aromatic N) is 2. The number of aromatic amines is 1. The molecule has 0 saturated heterocycles. The standard InChI is InChI=1S/C9H15N3O3/c1-3-14-6-8-10-7(11-12-8)5-9(13)15-4-2/h3-6H2,1-2H3,(H,10,11,12). The summed E-state index contributed by atoms with van der Waals surface area (Å²) in [6.07, 6.45) is 0.118. The van der Waals surface area contributed by atoms with E-state index >= 15 is 0 Å². The van der Waals surface area contributed by atoms with Gasteiger partial charge >= 0.3 is 5.97 Å². The van der Waals surface area contributed by atoms with Crippen molar-refractivity contribution in [3.8, 4) is 0 Å². The Balaban J connectivity index is 2.42. The van der Waals surface area contributed by atoms with Crippen LogP contribution in [0.2, 0.25) is 0 Å². The molecule has 84 valence electrons. The Morgan fingerprint density at radius 2 is 2.20 bits per heavy atom. The molecule has 0 aliphatic rings. The number of hydrogen-bond acceptors (Lipinski definition) is 5. The Morgan fingerprint density at radius 1 is 1.40 bits per heavy atom. The van der Waals surface area contributed by atoms with E-state index in [-0.39, 0.29) is 12.4 Å². The molecule has 0 aliphatic heterocycles. The van der Waals surface area contributed by atoms with Crippen molar-refractivity contribution in [2.45, 2.75) is 26.9 Å². The van der Waals surface area contributed by atoms with Crippen molar-refractivity contribution in [3.05, 3.63) is 11.6 Å². The first-order valence-corrected chi connectivity index (χ1v) is 4.89. The smallest absolute Gasteiger partial charge is 0.313 e. The minimum absolute atomic E-state index is 0.118. The average Bonchev–Trinajstić information content (AvgIpc) is 2.63. The number of carbonyl (C=O) groups is 1. The zero-order valence-electron chi connectivity index (χ0n) is 8.95. The number of ether oxygens (including phenoxy) is 2. The summed E-state index contributed by atoms with van der Waals surface area (Å²) in [7, 11) is 0. The largest absolute Gasteiger partial charge is 0.466 e. The lowest BCUT2D eigenvalue weighted by Gasteiger charge is -1.97. The van der Waals surface area contributed by atoms with Gasteiger partial charge in [-0.3, -0.25) is 9.89 Å². The van der Waals surface area contributed by atoms with Crippen molar-refractivity contribution in [2.24, 2.45) is 0 Å². The van der Waals surface area contributed by atoms with Crippen LogP contribution >= 0.6 is 0 Å². The highest BCUT2D eigenvalue weighted by Gasteiger charge is 2.08. The van der Waals surface area contributed by atoms with Crippen LogP contribution in [-0.2, 0) is 27.3 Å². The van der Waals surface area contributed by atoms with E-state index in [0.29, 0.717) is 31.5 Å². The summed E-state index contributed by atoms with van der Waals surface area (Å²) in [5, 5.41) is 6.56. The van der Waals surface area contributed by atoms with Crippen LogP contribution in [0.5, 0.6) is 0 Å². The SMILES string of the molecule is CCOCc1n[nH]c(CC(=O)OCC)n1. The summed E-state index contributed by atoms with van der Waals surface area (Å²) in [4.78, 5) is 15.2. The van der Waals surface area contributed by atoms with Crippen molar-refractivity contribution in [1.29, 1.82) is 0 Å². The summed E-state index contributed by atoms with van der Waals surface area (Å²) in [5.41, 5.74) is 0. The minimum Gasteiger partial charge on any atom is -0.466 e. The number of hydrogen-bond donors (Lipinski definition) is 1. The fourth-order valence-corrected chi connectivity index (χ4v) is 1.02.